The predicted octanol–water partition coefficient (Wildman–Crippen LogP) is 5.18. The number of nitrogens with one attached hydrogen (secondary N) is 1. The summed E-state index contributed by atoms with van der Waals surface area (Å²) in [6, 6.07) is 12.8. The van der Waals surface area contributed by atoms with Crippen LogP contribution in [0.5, 0.6) is 5.75 Å². The quantitative estimate of drug-likeness (QED) is 0.565. The molecule has 1 amide bonds. The van der Waals surface area contributed by atoms with Crippen LogP contribution < -0.4 is 10.1 Å². The summed E-state index contributed by atoms with van der Waals surface area (Å²) in [4.78, 5) is 11.7. The highest BCUT2D eigenvalue weighted by molar-refractivity contribution is 9.10. The average Bonchev–Trinajstić information content (AvgIpc) is 2.56. The molecule has 0 fully saturated rings. The van der Waals surface area contributed by atoms with Crippen molar-refractivity contribution < 1.29 is 9.53 Å². The number of ether oxygens (including phenoxy) is 1. The van der Waals surface area contributed by atoms with E-state index in [1.54, 1.807) is 23.9 Å². The SMILES string of the molecule is O=C(COc1ccc(Br)cc1)NCCSCc1c(Cl)cccc1Cl. The van der Waals surface area contributed by atoms with Crippen molar-refractivity contribution in [2.24, 2.45) is 0 Å². The Kier molecular flexibility index (Phi) is 8.25. The topological polar surface area (TPSA) is 38.3 Å². The van der Waals surface area contributed by atoms with Gasteiger partial charge in [0.05, 0.1) is 0 Å². The largest absolute Gasteiger partial charge is 0.484 e. The minimum atomic E-state index is -0.144. The lowest BCUT2D eigenvalue weighted by Crippen LogP contribution is -2.30. The fraction of sp³-hybridized carbons (Fsp3) is 0.235. The molecule has 2 rings (SSSR count). The van der Waals surface area contributed by atoms with Crippen molar-refractivity contribution in [3.05, 3.63) is 62.5 Å². The summed E-state index contributed by atoms with van der Waals surface area (Å²) in [7, 11) is 0. The molecule has 0 aliphatic carbocycles. The molecule has 0 spiro atoms. The second-order valence-corrected chi connectivity index (χ2v) is 7.68. The number of halogens is 3. The predicted molar refractivity (Wildman–Crippen MR) is 105 cm³/mol. The van der Waals surface area contributed by atoms with E-state index in [2.05, 4.69) is 21.2 Å². The first-order valence-corrected chi connectivity index (χ1v) is 9.92. The fourth-order valence-corrected chi connectivity index (χ4v) is 3.70. The molecule has 24 heavy (non-hydrogen) atoms. The van der Waals surface area contributed by atoms with E-state index in [1.165, 1.54) is 0 Å². The van der Waals surface area contributed by atoms with Gasteiger partial charge in [0.25, 0.3) is 5.91 Å². The van der Waals surface area contributed by atoms with Crippen LogP contribution in [0.3, 0.4) is 0 Å². The standard InChI is InChI=1S/C17H16BrCl2NO2S/c18-12-4-6-13(7-5-12)23-10-17(22)21-8-9-24-11-14-15(19)2-1-3-16(14)20/h1-7H,8-11H2,(H,21,22). The fourth-order valence-electron chi connectivity index (χ4n) is 1.84. The molecular formula is C17H16BrCl2NO2S. The van der Waals surface area contributed by atoms with Crippen molar-refractivity contribution >= 4 is 56.8 Å². The minimum Gasteiger partial charge on any atom is -0.484 e. The molecule has 0 bridgehead atoms. The molecule has 7 heteroatoms. The maximum absolute atomic E-state index is 11.7. The minimum absolute atomic E-state index is 0.00262. The third kappa shape index (κ3) is 6.55. The van der Waals surface area contributed by atoms with Gasteiger partial charge in [0.1, 0.15) is 5.75 Å². The van der Waals surface area contributed by atoms with Crippen LogP contribution >= 0.6 is 50.9 Å². The van der Waals surface area contributed by atoms with Gasteiger partial charge in [-0.15, -0.1) is 0 Å². The summed E-state index contributed by atoms with van der Waals surface area (Å²) in [6.07, 6.45) is 0. The van der Waals surface area contributed by atoms with Crippen molar-refractivity contribution in [3.63, 3.8) is 0 Å². The number of amides is 1. The summed E-state index contributed by atoms with van der Waals surface area (Å²) in [5, 5.41) is 4.16. The normalized spacial score (nSPS) is 10.5. The lowest BCUT2D eigenvalue weighted by molar-refractivity contribution is -0.122. The first kappa shape index (κ1) is 19.4. The highest BCUT2D eigenvalue weighted by atomic mass is 79.9. The Labute approximate surface area is 164 Å². The highest BCUT2D eigenvalue weighted by Gasteiger charge is 2.06. The zero-order valence-electron chi connectivity index (χ0n) is 12.7. The van der Waals surface area contributed by atoms with Crippen molar-refractivity contribution in [3.8, 4) is 5.75 Å². The average molecular weight is 449 g/mol. The van der Waals surface area contributed by atoms with E-state index in [4.69, 9.17) is 27.9 Å². The van der Waals surface area contributed by atoms with Gasteiger partial charge in [0, 0.05) is 32.6 Å². The molecule has 0 aromatic heterocycles. The summed E-state index contributed by atoms with van der Waals surface area (Å²) in [5.74, 6) is 2.00. The van der Waals surface area contributed by atoms with Gasteiger partial charge in [-0.1, -0.05) is 45.2 Å². The van der Waals surface area contributed by atoms with Gasteiger partial charge in [0.2, 0.25) is 0 Å². The summed E-state index contributed by atoms with van der Waals surface area (Å²) < 4.78 is 6.37. The van der Waals surface area contributed by atoms with Crippen LogP contribution in [0.1, 0.15) is 5.56 Å². The van der Waals surface area contributed by atoms with E-state index in [1.807, 2.05) is 30.3 Å². The van der Waals surface area contributed by atoms with Crippen LogP contribution in [-0.4, -0.2) is 24.8 Å². The van der Waals surface area contributed by atoms with Crippen molar-refractivity contribution in [1.82, 2.24) is 5.32 Å². The molecule has 0 saturated heterocycles. The van der Waals surface area contributed by atoms with Gasteiger partial charge >= 0.3 is 0 Å². The Morgan fingerprint density at radius 1 is 1.12 bits per heavy atom. The van der Waals surface area contributed by atoms with Gasteiger partial charge in [-0.25, -0.2) is 0 Å². The number of carbonyl (C=O) groups is 1. The van der Waals surface area contributed by atoms with Gasteiger partial charge in [-0.2, -0.15) is 11.8 Å². The number of benzene rings is 2. The lowest BCUT2D eigenvalue weighted by atomic mass is 10.2. The third-order valence-corrected chi connectivity index (χ3v) is 5.28. The first-order valence-electron chi connectivity index (χ1n) is 7.22. The van der Waals surface area contributed by atoms with E-state index in [9.17, 15) is 4.79 Å². The molecule has 0 atom stereocenters. The Morgan fingerprint density at radius 2 is 1.79 bits per heavy atom. The molecule has 0 heterocycles. The molecular weight excluding hydrogens is 433 g/mol. The second-order valence-electron chi connectivity index (χ2n) is 4.85. The monoisotopic (exact) mass is 447 g/mol. The van der Waals surface area contributed by atoms with Gasteiger partial charge in [-0.3, -0.25) is 4.79 Å². The third-order valence-electron chi connectivity index (χ3n) is 3.06. The maximum Gasteiger partial charge on any atom is 0.257 e. The Morgan fingerprint density at radius 3 is 2.46 bits per heavy atom. The van der Waals surface area contributed by atoms with Gasteiger partial charge < -0.3 is 10.1 Å². The van der Waals surface area contributed by atoms with Gasteiger partial charge in [0.15, 0.2) is 6.61 Å². The first-order chi connectivity index (χ1) is 11.6. The number of rotatable bonds is 8. The molecule has 3 nitrogen and oxygen atoms in total. The number of hydrogen-bond donors (Lipinski definition) is 1. The number of carbonyl (C=O) groups excluding carboxylic acids is 1. The summed E-state index contributed by atoms with van der Waals surface area (Å²) in [5.41, 5.74) is 0.927. The van der Waals surface area contributed by atoms with Crippen LogP contribution in [0.25, 0.3) is 0 Å². The van der Waals surface area contributed by atoms with Crippen LogP contribution in [-0.2, 0) is 10.5 Å². The smallest absolute Gasteiger partial charge is 0.257 e. The summed E-state index contributed by atoms with van der Waals surface area (Å²) >= 11 is 17.2. The highest BCUT2D eigenvalue weighted by Crippen LogP contribution is 2.27. The van der Waals surface area contributed by atoms with E-state index in [0.29, 0.717) is 28.1 Å². The number of hydrogen-bond acceptors (Lipinski definition) is 3. The second kappa shape index (κ2) is 10.2. The maximum atomic E-state index is 11.7. The van der Waals surface area contributed by atoms with Gasteiger partial charge in [-0.05, 0) is 42.0 Å². The van der Waals surface area contributed by atoms with Crippen LogP contribution in [0.15, 0.2) is 46.9 Å². The van der Waals surface area contributed by atoms with Crippen LogP contribution in [0, 0.1) is 0 Å². The molecule has 2 aromatic rings. The van der Waals surface area contributed by atoms with E-state index >= 15 is 0 Å². The molecule has 0 radical (unpaired) electrons. The molecule has 0 saturated carbocycles. The van der Waals surface area contributed by atoms with E-state index in [-0.39, 0.29) is 12.5 Å². The van der Waals surface area contributed by atoms with E-state index in [0.717, 1.165) is 15.8 Å². The van der Waals surface area contributed by atoms with Crippen molar-refractivity contribution in [1.29, 1.82) is 0 Å². The lowest BCUT2D eigenvalue weighted by Gasteiger charge is -2.09. The van der Waals surface area contributed by atoms with Crippen LogP contribution in [0.2, 0.25) is 10.0 Å². The van der Waals surface area contributed by atoms with Crippen molar-refractivity contribution in [2.45, 2.75) is 5.75 Å². The zero-order chi connectivity index (χ0) is 17.4. The van der Waals surface area contributed by atoms with Crippen LogP contribution in [0.4, 0.5) is 0 Å². The Bertz CT molecular complexity index is 663. The molecule has 0 aliphatic rings. The molecule has 0 unspecified atom stereocenters. The molecule has 1 N–H and O–H groups in total. The molecule has 2 aromatic carbocycles. The Balaban J connectivity index is 1.62. The molecule has 0 aliphatic heterocycles. The van der Waals surface area contributed by atoms with E-state index < -0.39 is 0 Å². The Hall–Kier alpha value is -0.880. The zero-order valence-corrected chi connectivity index (χ0v) is 16.6. The van der Waals surface area contributed by atoms with Crippen molar-refractivity contribution in [2.75, 3.05) is 18.9 Å². The molecule has 128 valence electrons. The number of thioether (sulfide) groups is 1. The summed E-state index contributed by atoms with van der Waals surface area (Å²) in [6.45, 7) is 0.567.